The Labute approximate surface area is 215 Å². The fraction of sp³-hybridized carbons (Fsp3) is 0.423. The number of carbonyl (C=O) groups excluding carboxylic acids is 3. The highest BCUT2D eigenvalue weighted by Gasteiger charge is 2.22. The molecule has 2 heterocycles. The van der Waals surface area contributed by atoms with Gasteiger partial charge in [-0.1, -0.05) is 0 Å². The number of hydrogen-bond acceptors (Lipinski definition) is 4. The second-order valence-corrected chi connectivity index (χ2v) is 9.02. The maximum atomic E-state index is 12.7. The normalized spacial score (nSPS) is 16.1. The summed E-state index contributed by atoms with van der Waals surface area (Å²) in [5.41, 5.74) is 1.14. The molecule has 0 aliphatic carbocycles. The van der Waals surface area contributed by atoms with Crippen molar-refractivity contribution in [2.45, 2.75) is 44.7 Å². The fourth-order valence-corrected chi connectivity index (χ4v) is 4.08. The Bertz CT molecular complexity index is 1020. The Morgan fingerprint density at radius 1 is 0.730 bits per heavy atom. The number of urea groups is 2. The van der Waals surface area contributed by atoms with Crippen LogP contribution < -0.4 is 26.6 Å². The molecule has 2 aromatic rings. The molecular weight excluding hydrogens is 482 g/mol. The first-order chi connectivity index (χ1) is 17.8. The molecular formula is C26H34F2N6O3. The predicted octanol–water partition coefficient (Wildman–Crippen LogP) is 3.66. The number of rotatable bonds is 4. The van der Waals surface area contributed by atoms with E-state index in [9.17, 15) is 23.2 Å². The summed E-state index contributed by atoms with van der Waals surface area (Å²) in [4.78, 5) is 36.4. The van der Waals surface area contributed by atoms with Crippen molar-refractivity contribution in [2.75, 3.05) is 36.8 Å². The van der Waals surface area contributed by atoms with Crippen LogP contribution in [0, 0.1) is 11.6 Å². The minimum absolute atomic E-state index is 0.0612. The van der Waals surface area contributed by atoms with Crippen LogP contribution in [0.3, 0.4) is 0 Å². The summed E-state index contributed by atoms with van der Waals surface area (Å²) in [7, 11) is 0. The lowest BCUT2D eigenvalue weighted by atomic mass is 10.1. The van der Waals surface area contributed by atoms with Crippen LogP contribution >= 0.6 is 0 Å². The summed E-state index contributed by atoms with van der Waals surface area (Å²) in [6, 6.07) is 11.1. The number of carbonyl (C=O) groups is 3. The van der Waals surface area contributed by atoms with Crippen molar-refractivity contribution in [3.8, 4) is 0 Å². The zero-order chi connectivity index (χ0) is 26.6. The van der Waals surface area contributed by atoms with Crippen LogP contribution in [-0.2, 0) is 4.79 Å². The van der Waals surface area contributed by atoms with Gasteiger partial charge in [0.25, 0.3) is 0 Å². The minimum Gasteiger partial charge on any atom is -0.343 e. The molecule has 4 rings (SSSR count). The third-order valence-corrected chi connectivity index (χ3v) is 6.15. The SMILES string of the molecule is CC(=O)N1CCC(NC(=O)Nc2ccc(F)cc2)CC1.O=C(Nc1ccc(F)cc1)NC1CCNCC1. The van der Waals surface area contributed by atoms with Crippen LogP contribution in [-0.4, -0.2) is 61.1 Å². The fourth-order valence-electron chi connectivity index (χ4n) is 4.08. The van der Waals surface area contributed by atoms with Crippen molar-refractivity contribution >= 4 is 29.3 Å². The highest BCUT2D eigenvalue weighted by molar-refractivity contribution is 5.90. The second-order valence-electron chi connectivity index (χ2n) is 9.02. The third-order valence-electron chi connectivity index (χ3n) is 6.15. The van der Waals surface area contributed by atoms with Crippen LogP contribution in [0.1, 0.15) is 32.6 Å². The Kier molecular flexibility index (Phi) is 10.6. The number of hydrogen-bond donors (Lipinski definition) is 5. The summed E-state index contributed by atoms with van der Waals surface area (Å²) in [6.45, 7) is 4.74. The quantitative estimate of drug-likeness (QED) is 0.427. The Balaban J connectivity index is 0.000000208. The first kappa shape index (κ1) is 27.9. The van der Waals surface area contributed by atoms with Gasteiger partial charge < -0.3 is 31.5 Å². The molecule has 9 nitrogen and oxygen atoms in total. The molecule has 5 N–H and O–H groups in total. The third kappa shape index (κ3) is 10.0. The van der Waals surface area contributed by atoms with Crippen LogP contribution in [0.15, 0.2) is 48.5 Å². The van der Waals surface area contributed by atoms with E-state index in [0.29, 0.717) is 24.5 Å². The van der Waals surface area contributed by atoms with Gasteiger partial charge >= 0.3 is 12.1 Å². The molecule has 2 saturated heterocycles. The first-order valence-corrected chi connectivity index (χ1v) is 12.4. The average molecular weight is 517 g/mol. The number of benzene rings is 2. The number of amides is 5. The molecule has 0 bridgehead atoms. The van der Waals surface area contributed by atoms with E-state index in [1.54, 1.807) is 11.8 Å². The molecule has 2 aliphatic heterocycles. The summed E-state index contributed by atoms with van der Waals surface area (Å²) >= 11 is 0. The van der Waals surface area contributed by atoms with Crippen LogP contribution in [0.5, 0.6) is 0 Å². The molecule has 0 radical (unpaired) electrons. The molecule has 0 aromatic heterocycles. The van der Waals surface area contributed by atoms with E-state index in [1.807, 2.05) is 0 Å². The minimum atomic E-state index is -0.340. The van der Waals surface area contributed by atoms with Gasteiger partial charge in [-0.2, -0.15) is 0 Å². The van der Waals surface area contributed by atoms with Crippen LogP contribution in [0.25, 0.3) is 0 Å². The standard InChI is InChI=1S/C14H18FN3O2.C12H16FN3O/c1-10(19)18-8-6-13(7-9-18)17-14(20)16-12-4-2-11(15)3-5-12;13-9-1-3-10(4-2-9)15-12(17)16-11-5-7-14-8-6-11/h2-5,13H,6-9H2,1H3,(H2,16,17,20);1-4,11,14H,5-8H2,(H2,15,16,17). The predicted molar refractivity (Wildman–Crippen MR) is 138 cm³/mol. The lowest BCUT2D eigenvalue weighted by molar-refractivity contribution is -0.129. The van der Waals surface area contributed by atoms with Gasteiger partial charge in [-0.05, 0) is 87.3 Å². The van der Waals surface area contributed by atoms with Gasteiger partial charge in [0.1, 0.15) is 11.6 Å². The van der Waals surface area contributed by atoms with Crippen molar-refractivity contribution in [1.82, 2.24) is 20.9 Å². The number of halogens is 2. The van der Waals surface area contributed by atoms with E-state index in [2.05, 4.69) is 26.6 Å². The van der Waals surface area contributed by atoms with Gasteiger partial charge in [-0.25, -0.2) is 18.4 Å². The smallest absolute Gasteiger partial charge is 0.319 e. The maximum Gasteiger partial charge on any atom is 0.319 e. The van der Waals surface area contributed by atoms with Gasteiger partial charge in [0.15, 0.2) is 0 Å². The van der Waals surface area contributed by atoms with E-state index in [-0.39, 0.29) is 41.7 Å². The van der Waals surface area contributed by atoms with Gasteiger partial charge in [0.2, 0.25) is 5.91 Å². The maximum absolute atomic E-state index is 12.7. The first-order valence-electron chi connectivity index (χ1n) is 12.4. The monoisotopic (exact) mass is 516 g/mol. The molecule has 0 atom stereocenters. The molecule has 0 unspecified atom stereocenters. The molecule has 5 amide bonds. The van der Waals surface area contributed by atoms with Crippen molar-refractivity contribution < 1.29 is 23.2 Å². The van der Waals surface area contributed by atoms with Gasteiger partial charge in [0, 0.05) is 43.5 Å². The summed E-state index contributed by atoms with van der Waals surface area (Å²) < 4.78 is 25.4. The lowest BCUT2D eigenvalue weighted by Gasteiger charge is -2.31. The lowest BCUT2D eigenvalue weighted by Crippen LogP contribution is -2.47. The zero-order valence-electron chi connectivity index (χ0n) is 20.9. The summed E-state index contributed by atoms with van der Waals surface area (Å²) in [5, 5.41) is 14.3. The van der Waals surface area contributed by atoms with Crippen LogP contribution in [0.2, 0.25) is 0 Å². The van der Waals surface area contributed by atoms with E-state index >= 15 is 0 Å². The van der Waals surface area contributed by atoms with Gasteiger partial charge in [0.05, 0.1) is 0 Å². The van der Waals surface area contributed by atoms with E-state index in [1.165, 1.54) is 48.5 Å². The molecule has 0 spiro atoms. The summed E-state index contributed by atoms with van der Waals surface area (Å²) in [5.74, 6) is -0.582. The molecule has 2 aromatic carbocycles. The molecule has 200 valence electrons. The van der Waals surface area contributed by atoms with E-state index < -0.39 is 0 Å². The molecule has 37 heavy (non-hydrogen) atoms. The molecule has 0 saturated carbocycles. The Morgan fingerprint density at radius 3 is 1.54 bits per heavy atom. The topological polar surface area (TPSA) is 115 Å². The zero-order valence-corrected chi connectivity index (χ0v) is 20.9. The second kappa shape index (κ2) is 14.1. The molecule has 2 aliphatic rings. The number of piperidine rings is 2. The van der Waals surface area contributed by atoms with Crippen molar-refractivity contribution in [3.05, 3.63) is 60.2 Å². The summed E-state index contributed by atoms with van der Waals surface area (Å²) in [6.07, 6.45) is 3.38. The number of anilines is 2. The Hall–Kier alpha value is -3.73. The van der Waals surface area contributed by atoms with Crippen LogP contribution in [0.4, 0.5) is 29.7 Å². The Morgan fingerprint density at radius 2 is 1.14 bits per heavy atom. The number of likely N-dealkylation sites (tertiary alicyclic amines) is 1. The number of nitrogens with one attached hydrogen (secondary N) is 5. The highest BCUT2D eigenvalue weighted by atomic mass is 19.1. The molecule has 11 heteroatoms. The largest absolute Gasteiger partial charge is 0.343 e. The average Bonchev–Trinajstić information content (AvgIpc) is 2.88. The van der Waals surface area contributed by atoms with Crippen molar-refractivity contribution in [1.29, 1.82) is 0 Å². The number of nitrogens with zero attached hydrogens (tertiary/aromatic N) is 1. The van der Waals surface area contributed by atoms with Crippen molar-refractivity contribution in [3.63, 3.8) is 0 Å². The van der Waals surface area contributed by atoms with E-state index in [4.69, 9.17) is 0 Å². The van der Waals surface area contributed by atoms with Crippen molar-refractivity contribution in [2.24, 2.45) is 0 Å². The molecule has 2 fully saturated rings. The highest BCUT2D eigenvalue weighted by Crippen LogP contribution is 2.12. The van der Waals surface area contributed by atoms with Gasteiger partial charge in [-0.3, -0.25) is 4.79 Å². The van der Waals surface area contributed by atoms with E-state index in [0.717, 1.165) is 38.8 Å². The van der Waals surface area contributed by atoms with Gasteiger partial charge in [-0.15, -0.1) is 0 Å².